The van der Waals surface area contributed by atoms with Crippen molar-refractivity contribution in [1.82, 2.24) is 8.87 Å². The van der Waals surface area contributed by atoms with Crippen LogP contribution in [-0.4, -0.2) is 29.7 Å². The summed E-state index contributed by atoms with van der Waals surface area (Å²) in [6, 6.07) is 21.3. The van der Waals surface area contributed by atoms with Gasteiger partial charge >= 0.3 is 0 Å². The Morgan fingerprint density at radius 2 is 1.76 bits per heavy atom. The number of fused-ring (bicyclic) bond motifs is 1. The van der Waals surface area contributed by atoms with Crippen molar-refractivity contribution in [1.29, 1.82) is 0 Å². The molecule has 4 aromatic rings. The molecule has 0 aliphatic heterocycles. The molecule has 0 bridgehead atoms. The van der Waals surface area contributed by atoms with E-state index in [0.717, 1.165) is 20.3 Å². The quantitative estimate of drug-likeness (QED) is 0.345. The van der Waals surface area contributed by atoms with Crippen LogP contribution in [0.3, 0.4) is 0 Å². The zero-order chi connectivity index (χ0) is 23.6. The lowest BCUT2D eigenvalue weighted by Crippen LogP contribution is -2.30. The first-order valence-electron chi connectivity index (χ1n) is 10.3. The maximum absolute atomic E-state index is 13.1. The van der Waals surface area contributed by atoms with Crippen molar-refractivity contribution < 1.29 is 13.2 Å². The number of hydrogen-bond donors (Lipinski definition) is 0. The molecular formula is C24H22BrN3O3S2. The number of carbonyl (C=O) groups excluding carboxylic acids is 1. The van der Waals surface area contributed by atoms with Gasteiger partial charge in [-0.1, -0.05) is 64.5 Å². The fourth-order valence-electron chi connectivity index (χ4n) is 3.44. The van der Waals surface area contributed by atoms with Gasteiger partial charge in [0.05, 0.1) is 15.1 Å². The van der Waals surface area contributed by atoms with Crippen LogP contribution in [0.2, 0.25) is 0 Å². The normalized spacial score (nSPS) is 12.5. The van der Waals surface area contributed by atoms with Gasteiger partial charge in [-0.05, 0) is 48.0 Å². The second-order valence-corrected chi connectivity index (χ2v) is 11.3. The van der Waals surface area contributed by atoms with Crippen LogP contribution < -0.4 is 4.80 Å². The lowest BCUT2D eigenvalue weighted by atomic mass is 10.2. The summed E-state index contributed by atoms with van der Waals surface area (Å²) in [5.41, 5.74) is 2.23. The Hall–Kier alpha value is -2.59. The zero-order valence-corrected chi connectivity index (χ0v) is 21.3. The van der Waals surface area contributed by atoms with Gasteiger partial charge in [-0.2, -0.15) is 9.30 Å². The van der Waals surface area contributed by atoms with Crippen LogP contribution in [-0.2, 0) is 23.6 Å². The molecule has 9 heteroatoms. The summed E-state index contributed by atoms with van der Waals surface area (Å²) in [7, 11) is -1.83. The fraction of sp³-hybridized carbons (Fsp3) is 0.167. The summed E-state index contributed by atoms with van der Waals surface area (Å²) in [5.74, 6) is -0.420. The molecule has 0 radical (unpaired) electrons. The SMILES string of the molecule is CCN(Cc1ccccc1)S(=O)(=O)c1ccc(C(=O)N=c2sc3cc(Br)ccc3n2C)cc1. The van der Waals surface area contributed by atoms with Crippen LogP contribution in [0.1, 0.15) is 22.8 Å². The molecule has 6 nitrogen and oxygen atoms in total. The third-order valence-corrected chi connectivity index (χ3v) is 8.78. The maximum Gasteiger partial charge on any atom is 0.279 e. The molecule has 33 heavy (non-hydrogen) atoms. The van der Waals surface area contributed by atoms with Gasteiger partial charge in [-0.25, -0.2) is 8.42 Å². The Morgan fingerprint density at radius 1 is 1.06 bits per heavy atom. The number of carbonyl (C=O) groups is 1. The molecule has 0 aliphatic carbocycles. The highest BCUT2D eigenvalue weighted by molar-refractivity contribution is 9.10. The third-order valence-electron chi connectivity index (χ3n) is 5.26. The number of halogens is 1. The van der Waals surface area contributed by atoms with E-state index in [0.29, 0.717) is 16.9 Å². The van der Waals surface area contributed by atoms with Crippen molar-refractivity contribution in [2.24, 2.45) is 12.0 Å². The number of benzene rings is 3. The van der Waals surface area contributed by atoms with Gasteiger partial charge in [0.15, 0.2) is 4.80 Å². The second kappa shape index (κ2) is 9.72. The molecule has 1 aromatic heterocycles. The zero-order valence-electron chi connectivity index (χ0n) is 18.1. The average Bonchev–Trinajstić information content (AvgIpc) is 3.12. The number of nitrogens with zero attached hydrogens (tertiary/aromatic N) is 3. The smallest absolute Gasteiger partial charge is 0.279 e. The predicted octanol–water partition coefficient (Wildman–Crippen LogP) is 4.95. The number of hydrogen-bond acceptors (Lipinski definition) is 4. The lowest BCUT2D eigenvalue weighted by Gasteiger charge is -2.20. The second-order valence-electron chi connectivity index (χ2n) is 7.41. The summed E-state index contributed by atoms with van der Waals surface area (Å²) < 4.78 is 31.5. The summed E-state index contributed by atoms with van der Waals surface area (Å²) >= 11 is 4.88. The summed E-state index contributed by atoms with van der Waals surface area (Å²) in [4.78, 5) is 17.7. The largest absolute Gasteiger partial charge is 0.319 e. The van der Waals surface area contributed by atoms with Gasteiger partial charge in [-0.15, -0.1) is 0 Å². The Kier molecular flexibility index (Phi) is 6.94. The number of aromatic nitrogens is 1. The summed E-state index contributed by atoms with van der Waals surface area (Å²) in [5, 5.41) is 0. The summed E-state index contributed by atoms with van der Waals surface area (Å²) in [6.45, 7) is 2.43. The minimum Gasteiger partial charge on any atom is -0.319 e. The molecular weight excluding hydrogens is 522 g/mol. The van der Waals surface area contributed by atoms with Gasteiger partial charge in [0.25, 0.3) is 5.91 Å². The Balaban J connectivity index is 1.59. The minimum atomic E-state index is -3.69. The highest BCUT2D eigenvalue weighted by atomic mass is 79.9. The van der Waals surface area contributed by atoms with E-state index >= 15 is 0 Å². The van der Waals surface area contributed by atoms with Crippen molar-refractivity contribution >= 4 is 53.4 Å². The van der Waals surface area contributed by atoms with Crippen molar-refractivity contribution in [3.63, 3.8) is 0 Å². The molecule has 1 amide bonds. The Morgan fingerprint density at radius 3 is 2.42 bits per heavy atom. The highest BCUT2D eigenvalue weighted by Crippen LogP contribution is 2.22. The highest BCUT2D eigenvalue weighted by Gasteiger charge is 2.23. The molecule has 1 heterocycles. The monoisotopic (exact) mass is 543 g/mol. The molecule has 4 rings (SSSR count). The predicted molar refractivity (Wildman–Crippen MR) is 135 cm³/mol. The maximum atomic E-state index is 13.1. The van der Waals surface area contributed by atoms with Crippen LogP contribution >= 0.6 is 27.3 Å². The van der Waals surface area contributed by atoms with E-state index in [1.165, 1.54) is 39.9 Å². The molecule has 0 spiro atoms. The van der Waals surface area contributed by atoms with Gasteiger partial charge in [0.2, 0.25) is 10.0 Å². The van der Waals surface area contributed by atoms with E-state index in [-0.39, 0.29) is 11.4 Å². The van der Waals surface area contributed by atoms with E-state index in [1.54, 1.807) is 6.92 Å². The number of amides is 1. The van der Waals surface area contributed by atoms with Crippen molar-refractivity contribution in [2.45, 2.75) is 18.4 Å². The first-order chi connectivity index (χ1) is 15.8. The van der Waals surface area contributed by atoms with Crippen molar-refractivity contribution in [2.75, 3.05) is 6.54 Å². The van der Waals surface area contributed by atoms with E-state index in [9.17, 15) is 13.2 Å². The van der Waals surface area contributed by atoms with Crippen LogP contribution in [0.5, 0.6) is 0 Å². The van der Waals surface area contributed by atoms with Crippen molar-refractivity contribution in [3.8, 4) is 0 Å². The fourth-order valence-corrected chi connectivity index (χ4v) is 6.44. The van der Waals surface area contributed by atoms with E-state index in [1.807, 2.05) is 60.1 Å². The van der Waals surface area contributed by atoms with E-state index in [2.05, 4.69) is 20.9 Å². The molecule has 3 aromatic carbocycles. The van der Waals surface area contributed by atoms with Crippen LogP contribution in [0.4, 0.5) is 0 Å². The molecule has 0 atom stereocenters. The number of rotatable bonds is 6. The van der Waals surface area contributed by atoms with Gasteiger partial charge in [-0.3, -0.25) is 4.79 Å². The Bertz CT molecular complexity index is 1480. The minimum absolute atomic E-state index is 0.147. The lowest BCUT2D eigenvalue weighted by molar-refractivity contribution is 0.0998. The molecule has 0 fully saturated rings. The molecule has 0 saturated carbocycles. The van der Waals surface area contributed by atoms with Gasteiger partial charge < -0.3 is 4.57 Å². The average molecular weight is 544 g/mol. The topological polar surface area (TPSA) is 71.7 Å². The standard InChI is InChI=1S/C24H22BrN3O3S2/c1-3-28(16-17-7-5-4-6-8-17)33(30,31)20-12-9-18(10-13-20)23(29)26-24-27(2)21-14-11-19(25)15-22(21)32-24/h4-15H,3,16H2,1-2H3. The molecule has 0 aliphatic rings. The van der Waals surface area contributed by atoms with Gasteiger partial charge in [0, 0.05) is 30.2 Å². The molecule has 0 saturated heterocycles. The number of thiazole rings is 1. The third kappa shape index (κ3) is 5.01. The number of aryl methyl sites for hydroxylation is 1. The van der Waals surface area contributed by atoms with Crippen LogP contribution in [0.25, 0.3) is 10.2 Å². The van der Waals surface area contributed by atoms with Crippen molar-refractivity contribution in [3.05, 3.63) is 93.2 Å². The first-order valence-corrected chi connectivity index (χ1v) is 13.3. The van der Waals surface area contributed by atoms with Crippen LogP contribution in [0, 0.1) is 0 Å². The van der Waals surface area contributed by atoms with E-state index < -0.39 is 15.9 Å². The summed E-state index contributed by atoms with van der Waals surface area (Å²) in [6.07, 6.45) is 0. The van der Waals surface area contributed by atoms with Crippen LogP contribution in [0.15, 0.2) is 87.2 Å². The molecule has 0 N–H and O–H groups in total. The van der Waals surface area contributed by atoms with Gasteiger partial charge in [0.1, 0.15) is 0 Å². The number of sulfonamides is 1. The van der Waals surface area contributed by atoms with E-state index in [4.69, 9.17) is 0 Å². The first kappa shape index (κ1) is 23.6. The molecule has 0 unspecified atom stereocenters. The molecule has 170 valence electrons. The Labute approximate surface area is 205 Å².